The number of likely N-dealkylation sites (tertiary alicyclic amines) is 3. The molecule has 16 nitrogen and oxygen atoms in total. The van der Waals surface area contributed by atoms with Crippen LogP contribution in [0.4, 0.5) is 14.4 Å². The van der Waals surface area contributed by atoms with Gasteiger partial charge in [-0.1, -0.05) is 0 Å². The third-order valence-corrected chi connectivity index (χ3v) is 10.7. The number of carbonyl (C=O) groups excluding carboxylic acids is 6. The van der Waals surface area contributed by atoms with Gasteiger partial charge in [0.2, 0.25) is 0 Å². The van der Waals surface area contributed by atoms with Crippen LogP contribution in [0.3, 0.4) is 0 Å². The van der Waals surface area contributed by atoms with Crippen LogP contribution >= 0.6 is 0 Å². The number of piperidine rings is 3. The highest BCUT2D eigenvalue weighted by atomic mass is 16.6. The van der Waals surface area contributed by atoms with Gasteiger partial charge in [0.1, 0.15) is 34.7 Å². The van der Waals surface area contributed by atoms with Gasteiger partial charge in [-0.15, -0.1) is 0 Å². The Morgan fingerprint density at radius 2 is 0.907 bits per heavy atom. The molecule has 0 aromatic carbocycles. The lowest BCUT2D eigenvalue weighted by Gasteiger charge is -2.36. The highest BCUT2D eigenvalue weighted by Crippen LogP contribution is 2.45. The van der Waals surface area contributed by atoms with Crippen molar-refractivity contribution in [2.75, 3.05) is 0 Å². The van der Waals surface area contributed by atoms with Crippen molar-refractivity contribution in [3.8, 4) is 0 Å². The molecule has 3 N–H and O–H groups in total. The zero-order chi connectivity index (χ0) is 41.0. The van der Waals surface area contributed by atoms with E-state index in [-0.39, 0.29) is 53.2 Å². The number of hydrogen-bond donors (Lipinski definition) is 3. The van der Waals surface area contributed by atoms with Gasteiger partial charge in [0.05, 0.1) is 18.2 Å². The largest absolute Gasteiger partial charge is 0.480 e. The molecule has 0 unspecified atom stereocenters. The summed E-state index contributed by atoms with van der Waals surface area (Å²) in [4.78, 5) is 86.9. The van der Waals surface area contributed by atoms with E-state index in [1.54, 1.807) is 62.3 Å². The lowest BCUT2D eigenvalue weighted by molar-refractivity contribution is -0.147. The van der Waals surface area contributed by atoms with Gasteiger partial charge in [-0.05, 0) is 108 Å². The molecule has 6 rings (SSSR count). The van der Waals surface area contributed by atoms with Crippen LogP contribution in [0.15, 0.2) is 0 Å². The normalized spacial score (nSPS) is 33.5. The van der Waals surface area contributed by atoms with Crippen molar-refractivity contribution in [2.45, 2.75) is 180 Å². The maximum absolute atomic E-state index is 12.1. The maximum Gasteiger partial charge on any atom is 0.411 e. The van der Waals surface area contributed by atoms with Gasteiger partial charge in [0.15, 0.2) is 11.6 Å². The van der Waals surface area contributed by atoms with E-state index < -0.39 is 71.4 Å². The summed E-state index contributed by atoms with van der Waals surface area (Å²) in [6, 6.07) is -2.55. The number of amides is 3. The molecular weight excluding hydrogens is 706 g/mol. The Morgan fingerprint density at radius 1 is 0.556 bits per heavy atom. The molecule has 54 heavy (non-hydrogen) atoms. The second-order valence-corrected chi connectivity index (χ2v) is 18.4. The third kappa shape index (κ3) is 9.35. The van der Waals surface area contributed by atoms with E-state index in [1.165, 1.54) is 28.5 Å². The fourth-order valence-electron chi connectivity index (χ4n) is 8.88. The zero-order valence-electron chi connectivity index (χ0n) is 33.4. The maximum atomic E-state index is 12.1. The van der Waals surface area contributed by atoms with Gasteiger partial charge >= 0.3 is 24.2 Å². The van der Waals surface area contributed by atoms with Crippen LogP contribution in [0, 0.1) is 17.8 Å². The molecule has 6 aliphatic rings. The summed E-state index contributed by atoms with van der Waals surface area (Å²) in [6.45, 7) is 18.9. The number of rotatable bonds is 3. The first-order chi connectivity index (χ1) is 24.6. The average Bonchev–Trinajstić information content (AvgIpc) is 3.81. The van der Waals surface area contributed by atoms with E-state index in [2.05, 4.69) is 0 Å². The lowest BCUT2D eigenvalue weighted by Crippen LogP contribution is -2.53. The molecule has 3 saturated heterocycles. The van der Waals surface area contributed by atoms with Crippen molar-refractivity contribution in [2.24, 2.45) is 17.8 Å². The highest BCUT2D eigenvalue weighted by molar-refractivity contribution is 5.97. The quantitative estimate of drug-likeness (QED) is 0.350. The highest BCUT2D eigenvalue weighted by Gasteiger charge is 2.58. The summed E-state index contributed by atoms with van der Waals surface area (Å²) in [5.74, 6) is -2.01. The van der Waals surface area contributed by atoms with Gasteiger partial charge in [0, 0.05) is 42.3 Å². The molecule has 0 aromatic rings. The van der Waals surface area contributed by atoms with Gasteiger partial charge in [-0.25, -0.2) is 19.2 Å². The van der Waals surface area contributed by atoms with Gasteiger partial charge < -0.3 is 29.5 Å². The number of carboxylic acids is 1. The fraction of sp³-hybridized carbons (Fsp3) is 0.816. The van der Waals surface area contributed by atoms with Crippen molar-refractivity contribution in [3.05, 3.63) is 0 Å². The minimum absolute atomic E-state index is 0.0613. The molecule has 3 amide bonds. The second-order valence-electron chi connectivity index (χ2n) is 18.4. The minimum atomic E-state index is -1.08. The first-order valence-electron chi connectivity index (χ1n) is 18.8. The van der Waals surface area contributed by atoms with Crippen molar-refractivity contribution < 1.29 is 63.1 Å². The van der Waals surface area contributed by atoms with Gasteiger partial charge in [0.25, 0.3) is 0 Å². The first-order valence-corrected chi connectivity index (χ1v) is 18.8. The molecule has 0 spiro atoms. The van der Waals surface area contributed by atoms with E-state index in [0.717, 1.165) is 0 Å². The van der Waals surface area contributed by atoms with Crippen molar-refractivity contribution in [1.82, 2.24) is 14.7 Å². The van der Waals surface area contributed by atoms with Crippen LogP contribution < -0.4 is 0 Å². The predicted molar refractivity (Wildman–Crippen MR) is 191 cm³/mol. The molecule has 16 heteroatoms. The average molecular weight is 766 g/mol. The summed E-state index contributed by atoms with van der Waals surface area (Å²) < 4.78 is 15.9. The monoisotopic (exact) mass is 765 g/mol. The summed E-state index contributed by atoms with van der Waals surface area (Å²) >= 11 is 0. The van der Waals surface area contributed by atoms with Gasteiger partial charge in [-0.2, -0.15) is 0 Å². The van der Waals surface area contributed by atoms with Crippen molar-refractivity contribution >= 4 is 41.6 Å². The molecule has 3 aliphatic carbocycles. The van der Waals surface area contributed by atoms with Crippen LogP contribution in [0.5, 0.6) is 0 Å². The molecule has 3 heterocycles. The van der Waals surface area contributed by atoms with E-state index in [0.29, 0.717) is 38.5 Å². The minimum Gasteiger partial charge on any atom is -0.480 e. The Labute approximate surface area is 316 Å². The van der Waals surface area contributed by atoms with E-state index >= 15 is 0 Å². The Morgan fingerprint density at radius 3 is 1.26 bits per heavy atom. The third-order valence-electron chi connectivity index (χ3n) is 10.7. The smallest absolute Gasteiger partial charge is 0.411 e. The molecule has 3 aliphatic heterocycles. The van der Waals surface area contributed by atoms with Crippen LogP contribution in [0.2, 0.25) is 0 Å². The number of fused-ring (bicyclic) bond motifs is 6. The van der Waals surface area contributed by atoms with E-state index in [4.69, 9.17) is 14.2 Å². The number of ether oxygens (including phenoxy) is 3. The molecule has 6 fully saturated rings. The molecule has 304 valence electrons. The Hall–Kier alpha value is -3.79. The number of carboxylic acid groups (broad SMARTS) is 1. The first kappa shape index (κ1) is 42.9. The Balaban J connectivity index is 0.000000180. The summed E-state index contributed by atoms with van der Waals surface area (Å²) in [6.07, 6.45) is 0.552. The Kier molecular flexibility index (Phi) is 12.2. The molecule has 0 radical (unpaired) electrons. The number of aliphatic hydroxyl groups excluding tert-OH is 2. The SMILES string of the molecule is CC(=O)[C@@H]1[C@@H]2C[C@@H](CC2=O)N1C(=O)OC(C)(C)C.CC(=O)[C@@H]1[C@@H]2C[C@@H](C[C@H]2O)N1C(=O)OC(C)(C)C.CC(C)(C)OC(=O)N1[C@H]2C[C@H]([C@H](O)C2)[C@H]1C(=O)O. The number of ketones is 3. The number of hydrogen-bond acceptors (Lipinski definition) is 12. The van der Waals surface area contributed by atoms with E-state index in [9.17, 15) is 48.9 Å². The second kappa shape index (κ2) is 15.4. The van der Waals surface area contributed by atoms with Crippen molar-refractivity contribution in [1.29, 1.82) is 0 Å². The number of aliphatic hydroxyl groups is 2. The molecule has 6 bridgehead atoms. The van der Waals surface area contributed by atoms with Crippen LogP contribution in [-0.4, -0.2) is 137 Å². The van der Waals surface area contributed by atoms with Crippen LogP contribution in [0.25, 0.3) is 0 Å². The lowest BCUT2D eigenvalue weighted by atomic mass is 9.93. The number of carbonyl (C=O) groups is 7. The number of Topliss-reactive ketones (excluding diaryl/α,β-unsaturated/α-hetero) is 3. The molecule has 11 atom stereocenters. The summed E-state index contributed by atoms with van der Waals surface area (Å²) in [7, 11) is 0. The zero-order valence-corrected chi connectivity index (χ0v) is 33.4. The van der Waals surface area contributed by atoms with Crippen LogP contribution in [0.1, 0.15) is 115 Å². The van der Waals surface area contributed by atoms with E-state index in [1.807, 2.05) is 0 Å². The van der Waals surface area contributed by atoms with Gasteiger partial charge in [-0.3, -0.25) is 29.1 Å². The topological polar surface area (TPSA) is 218 Å². The molecule has 3 saturated carbocycles. The predicted octanol–water partition coefficient (Wildman–Crippen LogP) is 3.71. The summed E-state index contributed by atoms with van der Waals surface area (Å²) in [5, 5.41) is 28.8. The number of aliphatic carboxylic acids is 1. The number of nitrogens with zero attached hydrogens (tertiary/aromatic N) is 3. The fourth-order valence-corrected chi connectivity index (χ4v) is 8.88. The molecule has 0 aromatic heterocycles. The standard InChI is InChI=1S/C13H21NO4.C13H19NO4.C12H19NO5/c2*1-7(15)11-9-5-8(6-10(9)16)14(11)12(17)18-13(2,3)4;1-12(2,3)18-11(17)13-6-4-7(8(14)5-6)9(13)10(15)16/h8-11,16H,5-6H2,1-4H3;8-9,11H,5-6H2,1-4H3;6-9,14H,4-5H2,1-3H3,(H,15,16)/t8-,9+,10+,11+;8-,9+,11+;6-,7+,8+,9-/m000/s1. The van der Waals surface area contributed by atoms with Crippen LogP contribution in [-0.2, 0) is 33.4 Å². The van der Waals surface area contributed by atoms with Crippen molar-refractivity contribution in [3.63, 3.8) is 0 Å². The summed E-state index contributed by atoms with van der Waals surface area (Å²) in [5.41, 5.74) is -1.82. The Bertz CT molecular complexity index is 1440. The molecular formula is C38H59N3O13.